The summed E-state index contributed by atoms with van der Waals surface area (Å²) in [5, 5.41) is 23.3. The van der Waals surface area contributed by atoms with Gasteiger partial charge >= 0.3 is 12.1 Å². The van der Waals surface area contributed by atoms with Gasteiger partial charge in [-0.05, 0) is 40.8 Å². The number of esters is 1. The molecule has 4 rings (SSSR count). The first-order chi connectivity index (χ1) is 16.5. The number of nitrogens with zero attached hydrogens (tertiary/aromatic N) is 1. The lowest BCUT2D eigenvalue weighted by Gasteiger charge is -2.18. The Labute approximate surface area is 197 Å². The molecule has 1 aliphatic rings. The normalized spacial score (nSPS) is 14.0. The third-order valence-corrected chi connectivity index (χ3v) is 5.89. The molecule has 1 aliphatic carbocycles. The third kappa shape index (κ3) is 4.93. The predicted molar refractivity (Wildman–Crippen MR) is 124 cm³/mol. The van der Waals surface area contributed by atoms with E-state index >= 15 is 0 Å². The van der Waals surface area contributed by atoms with Crippen LogP contribution in [0.2, 0.25) is 0 Å². The summed E-state index contributed by atoms with van der Waals surface area (Å²) in [6.07, 6.45) is -3.06. The van der Waals surface area contributed by atoms with E-state index in [0.29, 0.717) is 0 Å². The zero-order chi connectivity index (χ0) is 24.1. The van der Waals surface area contributed by atoms with E-state index < -0.39 is 24.3 Å². The lowest BCUT2D eigenvalue weighted by molar-refractivity contribution is 0.0109. The number of aliphatic hydroxyl groups excluding tert-OH is 2. The number of aliphatic hydroxyl groups is 2. The molecule has 1 aromatic heterocycles. The average Bonchev–Trinajstić information content (AvgIpc) is 3.20. The highest BCUT2D eigenvalue weighted by molar-refractivity contribution is 5.87. The number of alkyl carbamates (subject to hydrolysis) is 1. The molecule has 1 heterocycles. The number of rotatable bonds is 8. The Morgan fingerprint density at radius 3 is 2.26 bits per heavy atom. The topological polar surface area (TPSA) is 118 Å². The number of carbonyl (C=O) groups excluding carboxylic acids is 2. The van der Waals surface area contributed by atoms with Gasteiger partial charge in [-0.15, -0.1) is 0 Å². The number of pyridine rings is 1. The molecule has 3 N–H and O–H groups in total. The second-order valence-electron chi connectivity index (χ2n) is 7.99. The third-order valence-electron chi connectivity index (χ3n) is 5.89. The van der Waals surface area contributed by atoms with Gasteiger partial charge in [0.25, 0.3) is 0 Å². The number of benzene rings is 2. The summed E-state index contributed by atoms with van der Waals surface area (Å²) in [4.78, 5) is 27.9. The van der Waals surface area contributed by atoms with Crippen LogP contribution in [0.3, 0.4) is 0 Å². The molecule has 2 aromatic carbocycles. The smallest absolute Gasteiger partial charge is 0.407 e. The molecular formula is C26H26N2O6. The molecule has 0 bridgehead atoms. The number of hydrogen-bond donors (Lipinski definition) is 3. The molecule has 8 heteroatoms. The highest BCUT2D eigenvalue weighted by atomic mass is 16.5. The number of methoxy groups -OCH3 is 1. The summed E-state index contributed by atoms with van der Waals surface area (Å²) in [6, 6.07) is 20.6. The van der Waals surface area contributed by atoms with Gasteiger partial charge in [0, 0.05) is 12.5 Å². The molecule has 2 atom stereocenters. The number of aromatic nitrogens is 1. The van der Waals surface area contributed by atoms with Gasteiger partial charge in [0.05, 0.1) is 18.9 Å². The second-order valence-corrected chi connectivity index (χ2v) is 7.99. The Hall–Kier alpha value is -3.75. The first-order valence-corrected chi connectivity index (χ1v) is 11.0. The van der Waals surface area contributed by atoms with Crippen molar-refractivity contribution in [3.05, 3.63) is 89.2 Å². The molecule has 3 aromatic rings. The average molecular weight is 463 g/mol. The van der Waals surface area contributed by atoms with E-state index in [1.165, 1.54) is 19.2 Å². The van der Waals surface area contributed by atoms with Crippen molar-refractivity contribution >= 4 is 12.1 Å². The largest absolute Gasteiger partial charge is 0.464 e. The Morgan fingerprint density at radius 1 is 0.971 bits per heavy atom. The maximum Gasteiger partial charge on any atom is 0.407 e. The number of fused-ring (bicyclic) bond motifs is 3. The van der Waals surface area contributed by atoms with Crippen molar-refractivity contribution in [3.63, 3.8) is 0 Å². The Morgan fingerprint density at radius 2 is 1.62 bits per heavy atom. The van der Waals surface area contributed by atoms with Crippen LogP contribution >= 0.6 is 0 Å². The van der Waals surface area contributed by atoms with Crippen LogP contribution in [-0.4, -0.2) is 53.6 Å². The summed E-state index contributed by atoms with van der Waals surface area (Å²) < 4.78 is 10.1. The van der Waals surface area contributed by atoms with Crippen LogP contribution < -0.4 is 5.32 Å². The van der Waals surface area contributed by atoms with Crippen molar-refractivity contribution in [2.24, 2.45) is 0 Å². The maximum absolute atomic E-state index is 12.3. The molecular weight excluding hydrogens is 436 g/mol. The van der Waals surface area contributed by atoms with Gasteiger partial charge in [0.15, 0.2) is 0 Å². The number of nitrogens with one attached hydrogen (secondary N) is 1. The highest BCUT2D eigenvalue weighted by Crippen LogP contribution is 2.44. The van der Waals surface area contributed by atoms with Crippen molar-refractivity contribution in [1.82, 2.24) is 10.3 Å². The Kier molecular flexibility index (Phi) is 7.20. The van der Waals surface area contributed by atoms with Gasteiger partial charge in [-0.25, -0.2) is 14.6 Å². The molecule has 0 saturated heterocycles. The monoisotopic (exact) mass is 462 g/mol. The molecule has 0 saturated carbocycles. The van der Waals surface area contributed by atoms with E-state index in [2.05, 4.69) is 27.2 Å². The van der Waals surface area contributed by atoms with Crippen LogP contribution in [-0.2, 0) is 9.47 Å². The van der Waals surface area contributed by atoms with Crippen molar-refractivity contribution in [1.29, 1.82) is 0 Å². The zero-order valence-corrected chi connectivity index (χ0v) is 18.7. The first kappa shape index (κ1) is 23.4. The van der Waals surface area contributed by atoms with Gasteiger partial charge in [0.2, 0.25) is 0 Å². The van der Waals surface area contributed by atoms with Gasteiger partial charge < -0.3 is 25.0 Å². The molecule has 0 radical (unpaired) electrons. The molecule has 0 aliphatic heterocycles. The van der Waals surface area contributed by atoms with Crippen LogP contribution in [0.5, 0.6) is 0 Å². The Bertz CT molecular complexity index is 1140. The lowest BCUT2D eigenvalue weighted by Crippen LogP contribution is -2.31. The number of amides is 1. The number of carbonyl (C=O) groups is 2. The fourth-order valence-electron chi connectivity index (χ4n) is 4.16. The van der Waals surface area contributed by atoms with Crippen molar-refractivity contribution in [2.75, 3.05) is 20.3 Å². The summed E-state index contributed by atoms with van der Waals surface area (Å²) in [7, 11) is 1.23. The molecule has 1 amide bonds. The SMILES string of the molecule is COC(=O)c1cccc(C(O)C(O)CCNC(=O)OCC2c3ccccc3-c3ccccc32)n1. The van der Waals surface area contributed by atoms with Crippen LogP contribution in [0.15, 0.2) is 66.7 Å². The van der Waals surface area contributed by atoms with Crippen LogP contribution in [0.1, 0.15) is 45.8 Å². The minimum absolute atomic E-state index is 0.0306. The fraction of sp³-hybridized carbons (Fsp3) is 0.269. The highest BCUT2D eigenvalue weighted by Gasteiger charge is 2.29. The quantitative estimate of drug-likeness (QED) is 0.440. The molecule has 0 fully saturated rings. The van der Waals surface area contributed by atoms with Crippen LogP contribution in [0, 0.1) is 0 Å². The second kappa shape index (κ2) is 10.5. The van der Waals surface area contributed by atoms with E-state index in [1.807, 2.05) is 36.4 Å². The lowest BCUT2D eigenvalue weighted by atomic mass is 9.98. The summed E-state index contributed by atoms with van der Waals surface area (Å²) in [5.41, 5.74) is 4.70. The molecule has 34 heavy (non-hydrogen) atoms. The molecule has 8 nitrogen and oxygen atoms in total. The number of hydrogen-bond acceptors (Lipinski definition) is 7. The van der Waals surface area contributed by atoms with E-state index in [9.17, 15) is 19.8 Å². The van der Waals surface area contributed by atoms with Crippen molar-refractivity contribution < 1.29 is 29.3 Å². The molecule has 0 spiro atoms. The van der Waals surface area contributed by atoms with Gasteiger partial charge in [-0.1, -0.05) is 54.6 Å². The maximum atomic E-state index is 12.3. The van der Waals surface area contributed by atoms with Crippen LogP contribution in [0.25, 0.3) is 11.1 Å². The fourth-order valence-corrected chi connectivity index (χ4v) is 4.16. The van der Waals surface area contributed by atoms with Gasteiger partial charge in [-0.3, -0.25) is 0 Å². The summed E-state index contributed by atoms with van der Waals surface area (Å²) in [6.45, 7) is 0.279. The summed E-state index contributed by atoms with van der Waals surface area (Å²) in [5.74, 6) is -0.681. The molecule has 2 unspecified atom stereocenters. The van der Waals surface area contributed by atoms with Crippen LogP contribution in [0.4, 0.5) is 4.79 Å². The van der Waals surface area contributed by atoms with E-state index in [4.69, 9.17) is 4.74 Å². The van der Waals surface area contributed by atoms with Crippen molar-refractivity contribution in [3.8, 4) is 11.1 Å². The predicted octanol–water partition coefficient (Wildman–Crippen LogP) is 3.19. The minimum atomic E-state index is -1.33. The standard InChI is InChI=1S/C26H26N2O6/c1-33-25(31)22-12-6-11-21(28-22)24(30)23(29)13-14-27-26(32)34-15-20-18-9-4-2-7-16(18)17-8-3-5-10-19(17)20/h2-12,20,23-24,29-30H,13-15H2,1H3,(H,27,32). The number of ether oxygens (including phenoxy) is 2. The minimum Gasteiger partial charge on any atom is -0.464 e. The van der Waals surface area contributed by atoms with Gasteiger partial charge in [0.1, 0.15) is 18.4 Å². The molecule has 176 valence electrons. The first-order valence-electron chi connectivity index (χ1n) is 11.0. The van der Waals surface area contributed by atoms with E-state index in [0.717, 1.165) is 22.3 Å². The van der Waals surface area contributed by atoms with E-state index in [1.54, 1.807) is 6.07 Å². The van der Waals surface area contributed by atoms with Crippen molar-refractivity contribution in [2.45, 2.75) is 24.5 Å². The van der Waals surface area contributed by atoms with E-state index in [-0.39, 0.29) is 36.9 Å². The summed E-state index contributed by atoms with van der Waals surface area (Å²) >= 11 is 0. The van der Waals surface area contributed by atoms with Gasteiger partial charge in [-0.2, -0.15) is 0 Å². The zero-order valence-electron chi connectivity index (χ0n) is 18.7. The Balaban J connectivity index is 1.28.